The predicted octanol–water partition coefficient (Wildman–Crippen LogP) is 2.26. The molecule has 0 saturated heterocycles. The number of rotatable bonds is 5. The molecule has 2 aromatic rings. The molecule has 1 aromatic heterocycles. The summed E-state index contributed by atoms with van der Waals surface area (Å²) in [5, 5.41) is 11.5. The highest BCUT2D eigenvalue weighted by Gasteiger charge is 2.25. The van der Waals surface area contributed by atoms with Crippen molar-refractivity contribution >= 4 is 17.5 Å². The minimum absolute atomic E-state index is 0.111. The summed E-state index contributed by atoms with van der Waals surface area (Å²) in [5.74, 6) is 2.29. The van der Waals surface area contributed by atoms with Crippen LogP contribution < -0.4 is 15.9 Å². The van der Waals surface area contributed by atoms with Gasteiger partial charge in [-0.3, -0.25) is 5.43 Å². The number of fused-ring (bicyclic) bond motifs is 1. The van der Waals surface area contributed by atoms with Crippen LogP contribution in [0.3, 0.4) is 0 Å². The first kappa shape index (κ1) is 15.9. The molecule has 0 amide bonds. The van der Waals surface area contributed by atoms with Crippen LogP contribution in [0.4, 0.5) is 0 Å². The first-order valence-electron chi connectivity index (χ1n) is 7.65. The highest BCUT2D eigenvalue weighted by molar-refractivity contribution is 8.02. The van der Waals surface area contributed by atoms with Crippen LogP contribution in [-0.4, -0.2) is 22.0 Å². The molecule has 1 atom stereocenters. The maximum absolute atomic E-state index is 5.21. The number of hydrogen-bond donors (Lipinski definition) is 2. The highest BCUT2D eigenvalue weighted by Crippen LogP contribution is 2.30. The van der Waals surface area contributed by atoms with E-state index in [4.69, 9.17) is 4.74 Å². The predicted molar refractivity (Wildman–Crippen MR) is 91.3 cm³/mol. The number of benzene rings is 1. The highest BCUT2D eigenvalue weighted by atomic mass is 32.2. The third-order valence-electron chi connectivity index (χ3n) is 3.69. The Bertz CT molecular complexity index is 708. The molecule has 0 radical (unpaired) electrons. The van der Waals surface area contributed by atoms with Gasteiger partial charge in [-0.2, -0.15) is 0 Å². The molecule has 1 aliphatic heterocycles. The van der Waals surface area contributed by atoms with Crippen molar-refractivity contribution in [1.29, 1.82) is 0 Å². The van der Waals surface area contributed by atoms with E-state index in [0.717, 1.165) is 34.4 Å². The van der Waals surface area contributed by atoms with E-state index in [1.807, 2.05) is 28.9 Å². The van der Waals surface area contributed by atoms with Gasteiger partial charge < -0.3 is 10.5 Å². The number of ether oxygens (including phenoxy) is 1. The van der Waals surface area contributed by atoms with Gasteiger partial charge in [0.25, 0.3) is 0 Å². The summed E-state index contributed by atoms with van der Waals surface area (Å²) in [4.78, 5) is 0. The van der Waals surface area contributed by atoms with E-state index in [0.29, 0.717) is 5.92 Å². The van der Waals surface area contributed by atoms with Gasteiger partial charge in [0.15, 0.2) is 0 Å². The lowest BCUT2D eigenvalue weighted by atomic mass is 10.0. The summed E-state index contributed by atoms with van der Waals surface area (Å²) in [5.41, 5.74) is 9.75. The van der Waals surface area contributed by atoms with Gasteiger partial charge in [0.1, 0.15) is 11.8 Å². The van der Waals surface area contributed by atoms with Gasteiger partial charge in [-0.1, -0.05) is 25.6 Å². The molecule has 2 heterocycles. The van der Waals surface area contributed by atoms with Crippen LogP contribution in [0.15, 0.2) is 34.8 Å². The maximum atomic E-state index is 5.21. The van der Waals surface area contributed by atoms with Crippen LogP contribution in [0.1, 0.15) is 37.7 Å². The zero-order valence-corrected chi connectivity index (χ0v) is 14.4. The maximum Gasteiger partial charge on any atom is 0.214 e. The van der Waals surface area contributed by atoms with Crippen molar-refractivity contribution in [1.82, 2.24) is 14.9 Å². The summed E-state index contributed by atoms with van der Waals surface area (Å²) in [6, 6.07) is 8.08. The van der Waals surface area contributed by atoms with E-state index < -0.39 is 0 Å². The van der Waals surface area contributed by atoms with Crippen molar-refractivity contribution in [2.45, 2.75) is 31.5 Å². The van der Waals surface area contributed by atoms with Crippen molar-refractivity contribution in [2.75, 3.05) is 12.5 Å². The number of methoxy groups -OCH3 is 1. The van der Waals surface area contributed by atoms with Gasteiger partial charge in [0.05, 0.1) is 12.8 Å². The van der Waals surface area contributed by atoms with E-state index in [1.54, 1.807) is 18.9 Å². The number of nitrogens with one attached hydrogen (secondary N) is 1. The molecule has 3 rings (SSSR count). The minimum atomic E-state index is 0.111. The molecule has 6 nitrogen and oxygen atoms in total. The Hall–Kier alpha value is -1.99. The summed E-state index contributed by atoms with van der Waals surface area (Å²) >= 11 is 1.56. The molecule has 0 aliphatic carbocycles. The third-order valence-corrected chi connectivity index (χ3v) is 4.52. The second-order valence-electron chi connectivity index (χ2n) is 5.99. The van der Waals surface area contributed by atoms with E-state index in [-0.39, 0.29) is 6.04 Å². The lowest BCUT2D eigenvalue weighted by molar-refractivity contribution is -0.432. The quantitative estimate of drug-likeness (QED) is 0.878. The van der Waals surface area contributed by atoms with Gasteiger partial charge in [-0.25, -0.2) is 4.68 Å². The Labute approximate surface area is 140 Å². The molecule has 23 heavy (non-hydrogen) atoms. The first-order valence-corrected chi connectivity index (χ1v) is 8.53. The van der Waals surface area contributed by atoms with E-state index in [2.05, 4.69) is 40.6 Å². The average molecular weight is 332 g/mol. The Kier molecular flexibility index (Phi) is 4.58. The minimum Gasteiger partial charge on any atom is -0.497 e. The summed E-state index contributed by atoms with van der Waals surface area (Å²) in [6.45, 7) is 4.38. The lowest BCUT2D eigenvalue weighted by Gasteiger charge is -2.20. The van der Waals surface area contributed by atoms with Gasteiger partial charge in [-0.05, 0) is 30.2 Å². The molecule has 1 aromatic carbocycles. The van der Waals surface area contributed by atoms with Gasteiger partial charge >= 0.3 is 0 Å². The van der Waals surface area contributed by atoms with E-state index in [1.165, 1.54) is 0 Å². The van der Waals surface area contributed by atoms with Crippen molar-refractivity contribution in [3.8, 4) is 5.75 Å². The molecule has 4 N–H and O–H groups in total. The standard InChI is InChI=1S/C16H21N5OS/c1-10(2)8-13(17)15-18-19-16-21(15)20-14(9-23-16)11-4-6-12(22-3)7-5-11/h4-7,9-10,13,20H,8,17H2,1-3H3/p+1/t13-/m0/s1. The number of nitrogens with zero attached hydrogens (tertiary/aromatic N) is 3. The van der Waals surface area contributed by atoms with E-state index in [9.17, 15) is 0 Å². The van der Waals surface area contributed by atoms with Crippen LogP contribution in [0.2, 0.25) is 0 Å². The molecule has 1 aliphatic rings. The Morgan fingerprint density at radius 3 is 2.65 bits per heavy atom. The fourth-order valence-corrected chi connectivity index (χ4v) is 3.31. The molecule has 0 bridgehead atoms. The number of aromatic nitrogens is 3. The Morgan fingerprint density at radius 1 is 1.26 bits per heavy atom. The summed E-state index contributed by atoms with van der Waals surface area (Å²) < 4.78 is 7.16. The summed E-state index contributed by atoms with van der Waals surface area (Å²) in [6.07, 6.45) is 0.978. The largest absolute Gasteiger partial charge is 0.497 e. The van der Waals surface area contributed by atoms with Crippen molar-refractivity contribution in [2.24, 2.45) is 5.92 Å². The van der Waals surface area contributed by atoms with Gasteiger partial charge in [-0.15, -0.1) is 10.2 Å². The molecule has 7 heteroatoms. The van der Waals surface area contributed by atoms with Crippen molar-refractivity contribution in [3.05, 3.63) is 41.1 Å². The normalized spacial score (nSPS) is 14.9. The number of thioether (sulfide) groups is 1. The Balaban J connectivity index is 1.83. The lowest BCUT2D eigenvalue weighted by Crippen LogP contribution is -2.55. The van der Waals surface area contributed by atoms with Crippen LogP contribution in [0, 0.1) is 5.92 Å². The number of quaternary nitrogens is 1. The fourth-order valence-electron chi connectivity index (χ4n) is 2.56. The fraction of sp³-hybridized carbons (Fsp3) is 0.375. The van der Waals surface area contributed by atoms with Gasteiger partial charge in [0, 0.05) is 17.4 Å². The molecule has 122 valence electrons. The molecule has 0 spiro atoms. The summed E-state index contributed by atoms with van der Waals surface area (Å²) in [7, 11) is 1.67. The molecule has 0 unspecified atom stereocenters. The zero-order valence-electron chi connectivity index (χ0n) is 13.6. The van der Waals surface area contributed by atoms with Crippen molar-refractivity contribution < 1.29 is 10.5 Å². The van der Waals surface area contributed by atoms with Crippen LogP contribution in [-0.2, 0) is 0 Å². The monoisotopic (exact) mass is 332 g/mol. The first-order chi connectivity index (χ1) is 11.1. The smallest absolute Gasteiger partial charge is 0.214 e. The van der Waals surface area contributed by atoms with Crippen molar-refractivity contribution in [3.63, 3.8) is 0 Å². The topological polar surface area (TPSA) is 79.6 Å². The second-order valence-corrected chi connectivity index (χ2v) is 6.83. The molecular formula is C16H22N5OS+. The van der Waals surface area contributed by atoms with E-state index >= 15 is 0 Å². The molecule has 0 fully saturated rings. The third kappa shape index (κ3) is 3.35. The zero-order chi connectivity index (χ0) is 16.4. The SMILES string of the molecule is COc1ccc(C2=CSc3nnc([C@@H]([NH3+])CC(C)C)n3N2)cc1. The Morgan fingerprint density at radius 2 is 2.00 bits per heavy atom. The number of hydrogen-bond acceptors (Lipinski definition) is 5. The van der Waals surface area contributed by atoms with Crippen LogP contribution in [0.25, 0.3) is 5.70 Å². The molecular weight excluding hydrogens is 310 g/mol. The van der Waals surface area contributed by atoms with Gasteiger partial charge in [0.2, 0.25) is 11.0 Å². The average Bonchev–Trinajstić information content (AvgIpc) is 2.97. The molecule has 0 saturated carbocycles. The second kappa shape index (κ2) is 6.64. The van der Waals surface area contributed by atoms with Crippen LogP contribution in [0.5, 0.6) is 5.75 Å². The van der Waals surface area contributed by atoms with Crippen LogP contribution >= 0.6 is 11.8 Å².